The van der Waals surface area contributed by atoms with E-state index in [1.54, 1.807) is 31.2 Å². The molecule has 14 heavy (non-hydrogen) atoms. The van der Waals surface area contributed by atoms with Gasteiger partial charge in [-0.25, -0.2) is 0 Å². The van der Waals surface area contributed by atoms with E-state index in [2.05, 4.69) is 0 Å². The molecule has 0 aliphatic heterocycles. The first-order valence-corrected chi connectivity index (χ1v) is 4.64. The second-order valence-corrected chi connectivity index (χ2v) is 3.60. The Morgan fingerprint density at radius 2 is 2.07 bits per heavy atom. The van der Waals surface area contributed by atoms with Gasteiger partial charge in [-0.3, -0.25) is 4.79 Å². The van der Waals surface area contributed by atoms with Crippen LogP contribution < -0.4 is 5.73 Å². The molecule has 0 saturated heterocycles. The van der Waals surface area contributed by atoms with Gasteiger partial charge in [-0.15, -0.1) is 0 Å². The molecule has 3 nitrogen and oxygen atoms in total. The van der Waals surface area contributed by atoms with Crippen LogP contribution in [0.2, 0.25) is 5.02 Å². The number of rotatable bonds is 3. The summed E-state index contributed by atoms with van der Waals surface area (Å²) in [5.41, 5.74) is 6.17. The molecule has 1 rings (SSSR count). The third kappa shape index (κ3) is 2.25. The van der Waals surface area contributed by atoms with Crippen molar-refractivity contribution in [3.63, 3.8) is 0 Å². The largest absolute Gasteiger partial charge is 0.481 e. The predicted octanol–water partition coefficient (Wildman–Crippen LogP) is 1.86. The molecular formula is C10H12ClNO2. The van der Waals surface area contributed by atoms with Crippen molar-refractivity contribution >= 4 is 17.6 Å². The quantitative estimate of drug-likeness (QED) is 0.806. The van der Waals surface area contributed by atoms with E-state index >= 15 is 0 Å². The Morgan fingerprint density at radius 1 is 1.50 bits per heavy atom. The molecule has 4 heteroatoms. The number of aliphatic carboxylic acids is 1. The highest BCUT2D eigenvalue weighted by Crippen LogP contribution is 2.26. The van der Waals surface area contributed by atoms with Gasteiger partial charge in [-0.05, 0) is 18.6 Å². The van der Waals surface area contributed by atoms with Crippen LogP contribution in [0.1, 0.15) is 18.4 Å². The van der Waals surface area contributed by atoms with Gasteiger partial charge >= 0.3 is 5.97 Å². The lowest BCUT2D eigenvalue weighted by Crippen LogP contribution is -2.30. The Hall–Kier alpha value is -1.06. The monoisotopic (exact) mass is 213 g/mol. The van der Waals surface area contributed by atoms with Crippen LogP contribution >= 0.6 is 11.6 Å². The normalized spacial score (nSPS) is 14.8. The van der Waals surface area contributed by atoms with E-state index in [1.807, 2.05) is 0 Å². The fraction of sp³-hybridized carbons (Fsp3) is 0.300. The van der Waals surface area contributed by atoms with E-state index in [-0.39, 0.29) is 0 Å². The van der Waals surface area contributed by atoms with Gasteiger partial charge < -0.3 is 10.8 Å². The Kier molecular flexibility index (Phi) is 3.49. The van der Waals surface area contributed by atoms with E-state index in [0.29, 0.717) is 10.6 Å². The van der Waals surface area contributed by atoms with Gasteiger partial charge in [0.25, 0.3) is 0 Å². The zero-order valence-corrected chi connectivity index (χ0v) is 8.53. The summed E-state index contributed by atoms with van der Waals surface area (Å²) in [5.74, 6) is -1.70. The summed E-state index contributed by atoms with van der Waals surface area (Å²) in [6.45, 7) is 1.65. The number of nitrogens with two attached hydrogens (primary N) is 1. The number of halogens is 1. The highest BCUT2D eigenvalue weighted by molar-refractivity contribution is 6.31. The summed E-state index contributed by atoms with van der Waals surface area (Å²) in [7, 11) is 0. The minimum absolute atomic E-state index is 0.442. The molecule has 76 valence electrons. The average molecular weight is 214 g/mol. The highest BCUT2D eigenvalue weighted by Gasteiger charge is 2.25. The molecule has 0 amide bonds. The first-order valence-electron chi connectivity index (χ1n) is 4.27. The predicted molar refractivity (Wildman–Crippen MR) is 55.5 cm³/mol. The maximum Gasteiger partial charge on any atom is 0.312 e. The van der Waals surface area contributed by atoms with Crippen LogP contribution in [0.15, 0.2) is 24.3 Å². The molecule has 1 aromatic rings. The number of hydrogen-bond acceptors (Lipinski definition) is 2. The number of hydrogen-bond donors (Lipinski definition) is 2. The van der Waals surface area contributed by atoms with E-state index in [4.69, 9.17) is 22.4 Å². The Balaban J connectivity index is 3.12. The third-order valence-corrected chi connectivity index (χ3v) is 2.38. The van der Waals surface area contributed by atoms with E-state index in [1.165, 1.54) is 0 Å². The van der Waals surface area contributed by atoms with Crippen molar-refractivity contribution in [3.05, 3.63) is 34.9 Å². The summed E-state index contributed by atoms with van der Waals surface area (Å²) >= 11 is 5.89. The summed E-state index contributed by atoms with van der Waals surface area (Å²) in [6.07, 6.45) is 0. The summed E-state index contributed by atoms with van der Waals surface area (Å²) in [4.78, 5) is 11.0. The zero-order chi connectivity index (χ0) is 10.7. The van der Waals surface area contributed by atoms with Gasteiger partial charge in [0.1, 0.15) is 0 Å². The first-order chi connectivity index (χ1) is 6.54. The standard InChI is InChI=1S/C10H12ClNO2/c1-6(12)9(10(13)14)7-4-2-3-5-8(7)11/h2-6,9H,12H2,1H3,(H,13,14). The molecule has 0 fully saturated rings. The van der Waals surface area contributed by atoms with E-state index in [9.17, 15) is 4.79 Å². The van der Waals surface area contributed by atoms with Gasteiger partial charge in [0, 0.05) is 11.1 Å². The molecule has 0 aliphatic rings. The number of carboxylic acids is 1. The topological polar surface area (TPSA) is 63.3 Å². The van der Waals surface area contributed by atoms with Crippen molar-refractivity contribution in [1.82, 2.24) is 0 Å². The molecule has 0 spiro atoms. The average Bonchev–Trinajstić information content (AvgIpc) is 2.07. The molecule has 1 aromatic carbocycles. The molecule has 2 atom stereocenters. The molecule has 0 radical (unpaired) electrons. The second-order valence-electron chi connectivity index (χ2n) is 3.20. The molecule has 3 N–H and O–H groups in total. The van der Waals surface area contributed by atoms with Crippen LogP contribution in [0.5, 0.6) is 0 Å². The smallest absolute Gasteiger partial charge is 0.312 e. The van der Waals surface area contributed by atoms with Crippen LogP contribution in [-0.2, 0) is 4.79 Å². The number of benzene rings is 1. The van der Waals surface area contributed by atoms with Gasteiger partial charge in [0.2, 0.25) is 0 Å². The maximum absolute atomic E-state index is 11.0. The number of carboxylic acid groups (broad SMARTS) is 1. The fourth-order valence-corrected chi connectivity index (χ4v) is 1.62. The van der Waals surface area contributed by atoms with Crippen LogP contribution in [0.25, 0.3) is 0 Å². The van der Waals surface area contributed by atoms with E-state index < -0.39 is 17.9 Å². The van der Waals surface area contributed by atoms with Gasteiger partial charge in [-0.1, -0.05) is 29.8 Å². The van der Waals surface area contributed by atoms with Crippen molar-refractivity contribution in [3.8, 4) is 0 Å². The second kappa shape index (κ2) is 4.44. The zero-order valence-electron chi connectivity index (χ0n) is 7.77. The van der Waals surface area contributed by atoms with Crippen LogP contribution in [0.3, 0.4) is 0 Å². The van der Waals surface area contributed by atoms with Crippen molar-refractivity contribution in [2.45, 2.75) is 18.9 Å². The van der Waals surface area contributed by atoms with E-state index in [0.717, 1.165) is 0 Å². The maximum atomic E-state index is 11.0. The minimum atomic E-state index is -0.951. The molecule has 0 saturated carbocycles. The summed E-state index contributed by atoms with van der Waals surface area (Å²) in [6, 6.07) is 6.39. The SMILES string of the molecule is CC(N)C(C(=O)O)c1ccccc1Cl. The van der Waals surface area contributed by atoms with Crippen LogP contribution in [0.4, 0.5) is 0 Å². The molecule has 2 unspecified atom stereocenters. The number of carbonyl (C=O) groups is 1. The molecule has 0 aromatic heterocycles. The van der Waals surface area contributed by atoms with Gasteiger partial charge in [0.05, 0.1) is 5.92 Å². The molecular weight excluding hydrogens is 202 g/mol. The van der Waals surface area contributed by atoms with Crippen molar-refractivity contribution in [2.24, 2.45) is 5.73 Å². The lowest BCUT2D eigenvalue weighted by molar-refractivity contribution is -0.139. The fourth-order valence-electron chi connectivity index (χ4n) is 1.37. The lowest BCUT2D eigenvalue weighted by atomic mass is 9.93. The van der Waals surface area contributed by atoms with Crippen molar-refractivity contribution in [2.75, 3.05) is 0 Å². The van der Waals surface area contributed by atoms with Crippen molar-refractivity contribution < 1.29 is 9.90 Å². The van der Waals surface area contributed by atoms with Gasteiger partial charge in [-0.2, -0.15) is 0 Å². The van der Waals surface area contributed by atoms with Crippen molar-refractivity contribution in [1.29, 1.82) is 0 Å². The minimum Gasteiger partial charge on any atom is -0.481 e. The first kappa shape index (κ1) is 11.0. The highest BCUT2D eigenvalue weighted by atomic mass is 35.5. The van der Waals surface area contributed by atoms with Gasteiger partial charge in [0.15, 0.2) is 0 Å². The summed E-state index contributed by atoms with van der Waals surface area (Å²) < 4.78 is 0. The lowest BCUT2D eigenvalue weighted by Gasteiger charge is -2.17. The van der Waals surface area contributed by atoms with Crippen LogP contribution in [0, 0.1) is 0 Å². The molecule has 0 aliphatic carbocycles. The summed E-state index contributed by atoms with van der Waals surface area (Å²) in [5, 5.41) is 9.42. The molecule has 0 bridgehead atoms. The Labute approximate surface area is 87.5 Å². The van der Waals surface area contributed by atoms with Crippen LogP contribution in [-0.4, -0.2) is 17.1 Å². The molecule has 0 heterocycles. The Morgan fingerprint density at radius 3 is 2.50 bits per heavy atom. The third-order valence-electron chi connectivity index (χ3n) is 2.03. The Bertz CT molecular complexity index is 339.